The lowest BCUT2D eigenvalue weighted by molar-refractivity contribution is 0.0946. The first-order valence-corrected chi connectivity index (χ1v) is 6.87. The van der Waals surface area contributed by atoms with Crippen LogP contribution in [0.2, 0.25) is 0 Å². The zero-order valence-corrected chi connectivity index (χ0v) is 12.3. The van der Waals surface area contributed by atoms with E-state index in [1.807, 2.05) is 0 Å². The second-order valence-electron chi connectivity index (χ2n) is 4.77. The van der Waals surface area contributed by atoms with Crippen molar-refractivity contribution in [3.63, 3.8) is 0 Å². The second-order valence-corrected chi connectivity index (χ2v) is 4.77. The molecular weight excluding hydrogens is 294 g/mol. The number of amides is 1. The zero-order valence-electron chi connectivity index (χ0n) is 12.3. The van der Waals surface area contributed by atoms with Crippen LogP contribution in [0.15, 0.2) is 42.5 Å². The van der Waals surface area contributed by atoms with Gasteiger partial charge in [0, 0.05) is 5.56 Å². The number of carbonyl (C=O) groups excluding carboxylic acids is 1. The molecule has 0 saturated heterocycles. The normalized spacial score (nSPS) is 11.7. The first-order chi connectivity index (χ1) is 11.2. The molecule has 0 aliphatic carbocycles. The molecule has 7 heteroatoms. The van der Waals surface area contributed by atoms with E-state index in [-0.39, 0.29) is 0 Å². The average molecular weight is 307 g/mol. The highest BCUT2D eigenvalue weighted by molar-refractivity contribution is 6.04. The summed E-state index contributed by atoms with van der Waals surface area (Å²) in [5.74, 6) is 0.140. The molecule has 0 aliphatic heterocycles. The first-order valence-electron chi connectivity index (χ1n) is 6.87. The van der Waals surface area contributed by atoms with E-state index >= 15 is 0 Å². The number of H-pyrrole nitrogens is 1. The number of carbonyl (C=O) groups is 1. The highest BCUT2D eigenvalue weighted by Crippen LogP contribution is 2.25. The minimum atomic E-state index is -0.833. The summed E-state index contributed by atoms with van der Waals surface area (Å²) in [5.41, 5.74) is 2.00. The van der Waals surface area contributed by atoms with Crippen LogP contribution in [0.1, 0.15) is 22.0 Å². The Bertz CT molecular complexity index is 897. The molecule has 2 aromatic carbocycles. The minimum absolute atomic E-state index is 0.353. The number of rotatable bonds is 4. The number of ether oxygens (including phenoxy) is 1. The summed E-state index contributed by atoms with van der Waals surface area (Å²) in [6, 6.07) is 13.4. The number of aromatic amines is 1. The summed E-state index contributed by atoms with van der Waals surface area (Å²) in [6.45, 7) is 0. The van der Waals surface area contributed by atoms with E-state index in [9.17, 15) is 10.1 Å². The van der Waals surface area contributed by atoms with Gasteiger partial charge in [-0.05, 0) is 18.2 Å². The maximum atomic E-state index is 12.5. The molecule has 23 heavy (non-hydrogen) atoms. The van der Waals surface area contributed by atoms with Crippen molar-refractivity contribution < 1.29 is 9.53 Å². The maximum Gasteiger partial charge on any atom is 0.254 e. The number of hydrogen-bond donors (Lipinski definition) is 2. The molecule has 7 nitrogen and oxygen atoms in total. The summed E-state index contributed by atoms with van der Waals surface area (Å²) in [6.07, 6.45) is 0. The van der Waals surface area contributed by atoms with Crippen LogP contribution >= 0.6 is 0 Å². The average Bonchev–Trinajstić information content (AvgIpc) is 3.08. The number of para-hydroxylation sites is 2. The molecule has 0 unspecified atom stereocenters. The number of aromatic nitrogens is 3. The van der Waals surface area contributed by atoms with Crippen LogP contribution in [0.5, 0.6) is 5.75 Å². The van der Waals surface area contributed by atoms with Crippen LogP contribution in [0.25, 0.3) is 11.0 Å². The van der Waals surface area contributed by atoms with Gasteiger partial charge in [-0.1, -0.05) is 24.3 Å². The lowest BCUT2D eigenvalue weighted by atomic mass is 10.1. The van der Waals surface area contributed by atoms with Crippen LogP contribution in [-0.2, 0) is 0 Å². The van der Waals surface area contributed by atoms with E-state index in [2.05, 4.69) is 26.8 Å². The fraction of sp³-hybridized carbons (Fsp3) is 0.125. The van der Waals surface area contributed by atoms with Gasteiger partial charge >= 0.3 is 0 Å². The topological polar surface area (TPSA) is 104 Å². The molecule has 3 rings (SSSR count). The third-order valence-electron chi connectivity index (χ3n) is 3.45. The van der Waals surface area contributed by atoms with Crippen LogP contribution in [0.3, 0.4) is 0 Å². The third kappa shape index (κ3) is 2.70. The van der Waals surface area contributed by atoms with Crippen molar-refractivity contribution >= 4 is 16.9 Å². The lowest BCUT2D eigenvalue weighted by Crippen LogP contribution is -2.28. The Balaban J connectivity index is 1.92. The third-order valence-corrected chi connectivity index (χ3v) is 3.45. The first kappa shape index (κ1) is 14.5. The summed E-state index contributed by atoms with van der Waals surface area (Å²) in [7, 11) is 1.52. The number of nitrogens with zero attached hydrogens (tertiary/aromatic N) is 3. The number of nitrogens with one attached hydrogen (secondary N) is 2. The van der Waals surface area contributed by atoms with Crippen molar-refractivity contribution in [1.29, 1.82) is 5.26 Å². The summed E-state index contributed by atoms with van der Waals surface area (Å²) in [5, 5.41) is 22.5. The van der Waals surface area contributed by atoms with Gasteiger partial charge in [-0.3, -0.25) is 4.79 Å². The molecule has 2 N–H and O–H groups in total. The van der Waals surface area contributed by atoms with Crippen molar-refractivity contribution in [2.75, 3.05) is 7.11 Å². The largest absolute Gasteiger partial charge is 0.496 e. The Morgan fingerprint density at radius 3 is 2.87 bits per heavy atom. The van der Waals surface area contributed by atoms with E-state index in [0.717, 1.165) is 0 Å². The Morgan fingerprint density at radius 1 is 1.26 bits per heavy atom. The molecule has 3 aromatic rings. The molecule has 1 amide bonds. The Kier molecular flexibility index (Phi) is 3.89. The fourth-order valence-electron chi connectivity index (χ4n) is 2.34. The molecule has 0 bridgehead atoms. The van der Waals surface area contributed by atoms with Gasteiger partial charge in [-0.2, -0.15) is 20.7 Å². The van der Waals surface area contributed by atoms with Gasteiger partial charge in [0.15, 0.2) is 0 Å². The van der Waals surface area contributed by atoms with Gasteiger partial charge in [0.1, 0.15) is 22.8 Å². The SMILES string of the molecule is COc1ccccc1[C@@H](C#N)NC(=O)c1cccc2n[nH]nc12. The molecule has 0 fully saturated rings. The molecule has 0 spiro atoms. The van der Waals surface area contributed by atoms with Crippen LogP contribution in [0.4, 0.5) is 0 Å². The summed E-state index contributed by atoms with van der Waals surface area (Å²) >= 11 is 0. The molecule has 114 valence electrons. The number of nitriles is 1. The molecular formula is C16H13N5O2. The summed E-state index contributed by atoms with van der Waals surface area (Å²) in [4.78, 5) is 12.5. The summed E-state index contributed by atoms with van der Waals surface area (Å²) < 4.78 is 5.24. The van der Waals surface area contributed by atoms with Gasteiger partial charge in [0.2, 0.25) is 0 Å². The number of hydrogen-bond acceptors (Lipinski definition) is 5. The Hall–Kier alpha value is -3.40. The van der Waals surface area contributed by atoms with Crippen molar-refractivity contribution in [3.05, 3.63) is 53.6 Å². The van der Waals surface area contributed by atoms with Crippen LogP contribution < -0.4 is 10.1 Å². The molecule has 1 atom stereocenters. The highest BCUT2D eigenvalue weighted by atomic mass is 16.5. The van der Waals surface area contributed by atoms with Gasteiger partial charge in [0.25, 0.3) is 5.91 Å². The van der Waals surface area contributed by atoms with Crippen molar-refractivity contribution in [3.8, 4) is 11.8 Å². The van der Waals surface area contributed by atoms with E-state index in [4.69, 9.17) is 4.74 Å². The molecule has 1 aromatic heterocycles. The fourth-order valence-corrected chi connectivity index (χ4v) is 2.34. The predicted molar refractivity (Wildman–Crippen MR) is 82.7 cm³/mol. The zero-order chi connectivity index (χ0) is 16.2. The van der Waals surface area contributed by atoms with Crippen molar-refractivity contribution in [2.24, 2.45) is 0 Å². The van der Waals surface area contributed by atoms with Crippen molar-refractivity contribution in [1.82, 2.24) is 20.7 Å². The van der Waals surface area contributed by atoms with Gasteiger partial charge < -0.3 is 10.1 Å². The van der Waals surface area contributed by atoms with E-state index in [1.54, 1.807) is 42.5 Å². The Morgan fingerprint density at radius 2 is 2.09 bits per heavy atom. The van der Waals surface area contributed by atoms with Crippen LogP contribution in [-0.4, -0.2) is 28.4 Å². The van der Waals surface area contributed by atoms with Gasteiger partial charge in [0.05, 0.1) is 18.7 Å². The quantitative estimate of drug-likeness (QED) is 0.766. The second kappa shape index (κ2) is 6.15. The molecule has 0 aliphatic rings. The van der Waals surface area contributed by atoms with E-state index in [0.29, 0.717) is 27.9 Å². The number of fused-ring (bicyclic) bond motifs is 1. The van der Waals surface area contributed by atoms with Gasteiger partial charge in [-0.15, -0.1) is 0 Å². The molecule has 0 saturated carbocycles. The van der Waals surface area contributed by atoms with E-state index in [1.165, 1.54) is 7.11 Å². The standard InChI is InChI=1S/C16H13N5O2/c1-23-14-8-3-2-5-10(14)13(9-17)18-16(22)11-6-4-7-12-15(11)20-21-19-12/h2-8,13H,1H3,(H,18,22)(H,19,20,21)/t13-/m1/s1. The predicted octanol–water partition coefficient (Wildman–Crippen LogP) is 1.96. The monoisotopic (exact) mass is 307 g/mol. The smallest absolute Gasteiger partial charge is 0.254 e. The molecule has 0 radical (unpaired) electrons. The van der Waals surface area contributed by atoms with Crippen LogP contribution in [0, 0.1) is 11.3 Å². The lowest BCUT2D eigenvalue weighted by Gasteiger charge is -2.15. The van der Waals surface area contributed by atoms with Crippen molar-refractivity contribution in [2.45, 2.75) is 6.04 Å². The number of benzene rings is 2. The maximum absolute atomic E-state index is 12.5. The Labute approximate surface area is 131 Å². The highest BCUT2D eigenvalue weighted by Gasteiger charge is 2.20. The minimum Gasteiger partial charge on any atom is -0.496 e. The number of methoxy groups -OCH3 is 1. The van der Waals surface area contributed by atoms with Gasteiger partial charge in [-0.25, -0.2) is 0 Å². The molecule has 1 heterocycles. The van der Waals surface area contributed by atoms with E-state index < -0.39 is 11.9 Å².